The van der Waals surface area contributed by atoms with Crippen LogP contribution in [0.3, 0.4) is 0 Å². The van der Waals surface area contributed by atoms with Crippen LogP contribution in [0.15, 0.2) is 273 Å². The normalized spacial score (nSPS) is 11.9. The van der Waals surface area contributed by atoms with Crippen molar-refractivity contribution < 1.29 is 5.48 Å². The summed E-state index contributed by atoms with van der Waals surface area (Å²) in [7, 11) is 0. The van der Waals surface area contributed by atoms with Gasteiger partial charge >= 0.3 is 0 Å². The van der Waals surface area contributed by atoms with Crippen molar-refractivity contribution >= 4 is 27.8 Å². The molecule has 1 heteroatoms. The summed E-state index contributed by atoms with van der Waals surface area (Å²) in [4.78, 5) is 1.87. The number of nitrogens with zero attached hydrogens (tertiary/aromatic N) is 1. The van der Waals surface area contributed by atoms with Gasteiger partial charge in [0, 0.05) is 17.1 Å². The Kier molecular flexibility index (Phi) is 9.52. The van der Waals surface area contributed by atoms with Gasteiger partial charge in [-0.2, -0.15) is 0 Å². The number of hydrogen-bond donors (Lipinski definition) is 0. The van der Waals surface area contributed by atoms with E-state index in [1.807, 2.05) is 102 Å². The molecule has 0 N–H and O–H groups in total. The van der Waals surface area contributed by atoms with Crippen LogP contribution in [0, 0.1) is 0 Å². The number of anilines is 3. The van der Waals surface area contributed by atoms with Crippen LogP contribution in [-0.4, -0.2) is 0 Å². The molecule has 0 aromatic heterocycles. The maximum Gasteiger partial charge on any atom is 0.0645 e. The first-order valence-corrected chi connectivity index (χ1v) is 22.0. The summed E-state index contributed by atoms with van der Waals surface area (Å²) < 4.78 is 38.3. The van der Waals surface area contributed by atoms with Crippen molar-refractivity contribution in [1.82, 2.24) is 0 Å². The van der Waals surface area contributed by atoms with Gasteiger partial charge < -0.3 is 4.90 Å². The van der Waals surface area contributed by atoms with Gasteiger partial charge in [-0.25, -0.2) is 0 Å². The highest BCUT2D eigenvalue weighted by atomic mass is 15.1. The number of fused-ring (bicyclic) bond motifs is 1. The van der Waals surface area contributed by atoms with Gasteiger partial charge in [-0.1, -0.05) is 218 Å². The predicted molar refractivity (Wildman–Crippen MR) is 277 cm³/mol. The minimum atomic E-state index is -0.130. The van der Waals surface area contributed by atoms with E-state index in [4.69, 9.17) is 0 Å². The van der Waals surface area contributed by atoms with Gasteiger partial charge in [0.25, 0.3) is 0 Å². The molecule has 1 nitrogen and oxygen atoms in total. The lowest BCUT2D eigenvalue weighted by Crippen LogP contribution is -2.09. The first-order valence-electron chi connectivity index (χ1n) is 24.0. The lowest BCUT2D eigenvalue weighted by molar-refractivity contribution is 1.28. The number of rotatable bonds is 10. The Morgan fingerprint density at radius 2 is 0.615 bits per heavy atom. The van der Waals surface area contributed by atoms with E-state index in [0.29, 0.717) is 16.9 Å². The van der Waals surface area contributed by atoms with Crippen molar-refractivity contribution in [3.8, 4) is 77.9 Å². The molecule has 0 amide bonds. The quantitative estimate of drug-likeness (QED) is 0.133. The van der Waals surface area contributed by atoms with Crippen molar-refractivity contribution in [2.75, 3.05) is 4.90 Å². The van der Waals surface area contributed by atoms with Gasteiger partial charge in [0.2, 0.25) is 0 Å². The van der Waals surface area contributed by atoms with Gasteiger partial charge in [0.15, 0.2) is 0 Å². The minimum absolute atomic E-state index is 0.105. The van der Waals surface area contributed by atoms with Crippen LogP contribution >= 0.6 is 0 Å². The van der Waals surface area contributed by atoms with Gasteiger partial charge in [-0.05, 0) is 143 Å². The molecule has 0 fully saturated rings. The molecule has 0 atom stereocenters. The summed E-state index contributed by atoms with van der Waals surface area (Å²) in [6, 6.07) is 84.5. The first-order chi connectivity index (χ1) is 33.9. The summed E-state index contributed by atoms with van der Waals surface area (Å²) in [6.07, 6.45) is 0. The monoisotopic (exact) mass is 831 g/mol. The molecule has 0 aliphatic carbocycles. The molecule has 11 aromatic rings. The Bertz CT molecular complexity index is 3510. The average molecular weight is 832 g/mol. The molecule has 0 radical (unpaired) electrons. The molecular formula is C64H45N. The first kappa shape index (κ1) is 35.0. The lowest BCUT2D eigenvalue weighted by Gasteiger charge is -2.26. The van der Waals surface area contributed by atoms with E-state index >= 15 is 0 Å². The molecule has 306 valence electrons. The summed E-state index contributed by atoms with van der Waals surface area (Å²) in [6.45, 7) is 0. The van der Waals surface area contributed by atoms with E-state index in [0.717, 1.165) is 77.5 Å². The van der Waals surface area contributed by atoms with E-state index in [1.54, 1.807) is 0 Å². The second-order valence-corrected chi connectivity index (χ2v) is 16.2. The van der Waals surface area contributed by atoms with E-state index in [9.17, 15) is 5.48 Å². The predicted octanol–water partition coefficient (Wildman–Crippen LogP) is 18.0. The molecule has 0 bridgehead atoms. The smallest absolute Gasteiger partial charge is 0.0645 e. The highest BCUT2D eigenvalue weighted by Crippen LogP contribution is 2.42. The summed E-state index contributed by atoms with van der Waals surface area (Å²) >= 11 is 0. The second kappa shape index (κ2) is 17.7. The highest BCUT2D eigenvalue weighted by Gasteiger charge is 2.17. The molecule has 0 heterocycles. The van der Waals surface area contributed by atoms with Gasteiger partial charge in [0.1, 0.15) is 0 Å². The van der Waals surface area contributed by atoms with Crippen LogP contribution in [0.25, 0.3) is 88.7 Å². The largest absolute Gasteiger partial charge is 0.311 e. The van der Waals surface area contributed by atoms with E-state index in [-0.39, 0.29) is 35.4 Å². The maximum atomic E-state index is 9.67. The number of hydrogen-bond acceptors (Lipinski definition) is 1. The average Bonchev–Trinajstić information content (AvgIpc) is 3.42. The van der Waals surface area contributed by atoms with Crippen LogP contribution in [-0.2, 0) is 0 Å². The van der Waals surface area contributed by atoms with Gasteiger partial charge in [-0.3, -0.25) is 0 Å². The van der Waals surface area contributed by atoms with Crippen molar-refractivity contribution in [1.29, 1.82) is 0 Å². The highest BCUT2D eigenvalue weighted by molar-refractivity contribution is 6.04. The molecule has 0 saturated heterocycles. The summed E-state index contributed by atoms with van der Waals surface area (Å²) in [5.41, 5.74) is 15.4. The summed E-state index contributed by atoms with van der Waals surface area (Å²) in [5, 5.41) is 2.28. The van der Waals surface area contributed by atoms with Crippen molar-refractivity contribution in [3.63, 3.8) is 0 Å². The fourth-order valence-corrected chi connectivity index (χ4v) is 8.84. The SMILES string of the molecule is [2H]c1c([2H])c(N(c2ccc(-c3cc(-c4ccccc4)cc(-c4ccccc4)c3)cc2)c2ccc(-c3c(-c4ccccc4)ccc4ccccc34)cc2)c([2H])c([2H])c1-c1ccc(-c2ccccc2)cc1. The van der Waals surface area contributed by atoms with E-state index < -0.39 is 0 Å². The molecular weight excluding hydrogens is 783 g/mol. The Morgan fingerprint density at radius 1 is 0.246 bits per heavy atom. The van der Waals surface area contributed by atoms with Crippen LogP contribution in [0.1, 0.15) is 5.48 Å². The van der Waals surface area contributed by atoms with E-state index in [1.165, 1.54) is 0 Å². The van der Waals surface area contributed by atoms with Crippen LogP contribution in [0.4, 0.5) is 17.1 Å². The molecule has 11 aromatic carbocycles. The van der Waals surface area contributed by atoms with Crippen molar-refractivity contribution in [2.45, 2.75) is 0 Å². The second-order valence-electron chi connectivity index (χ2n) is 16.2. The lowest BCUT2D eigenvalue weighted by atomic mass is 9.89. The van der Waals surface area contributed by atoms with Gasteiger partial charge in [-0.15, -0.1) is 0 Å². The third-order valence-corrected chi connectivity index (χ3v) is 12.2. The minimum Gasteiger partial charge on any atom is -0.311 e. The molecule has 11 rings (SSSR count). The zero-order chi connectivity index (χ0) is 46.8. The van der Waals surface area contributed by atoms with E-state index in [2.05, 4.69) is 152 Å². The van der Waals surface area contributed by atoms with Gasteiger partial charge in [0.05, 0.1) is 5.48 Å². The zero-order valence-electron chi connectivity index (χ0n) is 39.6. The fourth-order valence-electron chi connectivity index (χ4n) is 8.84. The molecule has 0 saturated carbocycles. The molecule has 65 heavy (non-hydrogen) atoms. The van der Waals surface area contributed by atoms with Crippen LogP contribution in [0.2, 0.25) is 0 Å². The third kappa shape index (κ3) is 8.16. The standard InChI is InChI=1S/C64H45N/c1-5-15-46(16-6-1)49-25-27-50(28-26-49)51-29-36-59(37-30-51)65(61-40-33-55(34-41-61)64-62-24-14-13-23-54(62)35-42-63(64)53-21-11-4-12-22-53)60-38-31-52(32-39-60)58-44-56(47-17-7-2-8-18-47)43-57(45-58)48-19-9-3-10-20-48/h1-45H/i29D,30D,36D,37D. The Labute approximate surface area is 387 Å². The van der Waals surface area contributed by atoms with Crippen molar-refractivity contribution in [2.24, 2.45) is 0 Å². The number of benzene rings is 11. The summed E-state index contributed by atoms with van der Waals surface area (Å²) in [5.74, 6) is 0. The maximum absolute atomic E-state index is 9.67. The van der Waals surface area contributed by atoms with Crippen molar-refractivity contribution in [3.05, 3.63) is 273 Å². The molecule has 0 spiro atoms. The Balaban J connectivity index is 1.05. The third-order valence-electron chi connectivity index (χ3n) is 12.2. The van der Waals surface area contributed by atoms with Crippen LogP contribution < -0.4 is 4.90 Å². The Morgan fingerprint density at radius 3 is 1.12 bits per heavy atom. The Hall–Kier alpha value is -8.52. The molecule has 0 aliphatic heterocycles. The topological polar surface area (TPSA) is 3.24 Å². The molecule has 0 aliphatic rings. The zero-order valence-corrected chi connectivity index (χ0v) is 35.6. The fraction of sp³-hybridized carbons (Fsp3) is 0. The molecule has 0 unspecified atom stereocenters. The van der Waals surface area contributed by atoms with Crippen LogP contribution in [0.5, 0.6) is 0 Å².